The van der Waals surface area contributed by atoms with Crippen LogP contribution < -0.4 is 5.73 Å². The van der Waals surface area contributed by atoms with Gasteiger partial charge in [0.25, 0.3) is 0 Å². The van der Waals surface area contributed by atoms with Gasteiger partial charge in [0.05, 0.1) is 0 Å². The molecule has 0 aromatic carbocycles. The molecule has 0 bridgehead atoms. The van der Waals surface area contributed by atoms with E-state index in [0.717, 1.165) is 6.42 Å². The SMILES string of the molecule is Cl.NC(=O)C1(O)CCC1. The molecule has 4 heteroatoms. The van der Waals surface area contributed by atoms with Crippen LogP contribution in [0.2, 0.25) is 0 Å². The number of primary amides is 1. The predicted octanol–water partition coefficient (Wildman–Crippen LogP) is -0.192. The largest absolute Gasteiger partial charge is 0.380 e. The van der Waals surface area contributed by atoms with E-state index >= 15 is 0 Å². The zero-order valence-electron chi connectivity index (χ0n) is 4.96. The van der Waals surface area contributed by atoms with Gasteiger partial charge in [0.15, 0.2) is 0 Å². The van der Waals surface area contributed by atoms with Gasteiger partial charge in [0, 0.05) is 0 Å². The van der Waals surface area contributed by atoms with Gasteiger partial charge in [-0.25, -0.2) is 0 Å². The van der Waals surface area contributed by atoms with Gasteiger partial charge in [0.1, 0.15) is 5.60 Å². The average molecular weight is 152 g/mol. The van der Waals surface area contributed by atoms with Crippen LogP contribution in [-0.4, -0.2) is 16.6 Å². The number of carbonyl (C=O) groups excluding carboxylic acids is 1. The highest BCUT2D eigenvalue weighted by atomic mass is 35.5. The Morgan fingerprint density at radius 3 is 2.00 bits per heavy atom. The summed E-state index contributed by atoms with van der Waals surface area (Å²) in [4.78, 5) is 10.3. The van der Waals surface area contributed by atoms with Gasteiger partial charge in [-0.3, -0.25) is 4.79 Å². The van der Waals surface area contributed by atoms with Crippen molar-refractivity contribution >= 4 is 18.3 Å². The Morgan fingerprint density at radius 2 is 2.00 bits per heavy atom. The second kappa shape index (κ2) is 2.54. The quantitative estimate of drug-likeness (QED) is 0.546. The fourth-order valence-electron chi connectivity index (χ4n) is 0.758. The molecule has 0 unspecified atom stereocenters. The monoisotopic (exact) mass is 151 g/mol. The van der Waals surface area contributed by atoms with Crippen molar-refractivity contribution in [2.24, 2.45) is 5.73 Å². The molecule has 1 aliphatic rings. The van der Waals surface area contributed by atoms with Crippen molar-refractivity contribution in [2.45, 2.75) is 24.9 Å². The smallest absolute Gasteiger partial charge is 0.249 e. The number of carbonyl (C=O) groups is 1. The van der Waals surface area contributed by atoms with Crippen LogP contribution in [0.4, 0.5) is 0 Å². The predicted molar refractivity (Wildman–Crippen MR) is 35.2 cm³/mol. The van der Waals surface area contributed by atoms with E-state index in [1.54, 1.807) is 0 Å². The van der Waals surface area contributed by atoms with Crippen molar-refractivity contribution in [3.63, 3.8) is 0 Å². The summed E-state index contributed by atoms with van der Waals surface area (Å²) in [6.07, 6.45) is 2.00. The fourth-order valence-corrected chi connectivity index (χ4v) is 0.758. The molecule has 0 saturated heterocycles. The summed E-state index contributed by atoms with van der Waals surface area (Å²) < 4.78 is 0. The number of rotatable bonds is 1. The summed E-state index contributed by atoms with van der Waals surface area (Å²) in [5, 5.41) is 9.01. The van der Waals surface area contributed by atoms with Crippen LogP contribution in [0.15, 0.2) is 0 Å². The first-order valence-corrected chi connectivity index (χ1v) is 2.67. The minimum Gasteiger partial charge on any atom is -0.380 e. The zero-order chi connectivity index (χ0) is 6.20. The first kappa shape index (κ1) is 8.72. The Balaban J connectivity index is 0.000000640. The Bertz CT molecular complexity index is 122. The van der Waals surface area contributed by atoms with Gasteiger partial charge < -0.3 is 10.8 Å². The van der Waals surface area contributed by atoms with Crippen LogP contribution in [0, 0.1) is 0 Å². The van der Waals surface area contributed by atoms with Crippen molar-refractivity contribution in [3.8, 4) is 0 Å². The third kappa shape index (κ3) is 1.34. The fraction of sp³-hybridized carbons (Fsp3) is 0.800. The summed E-state index contributed by atoms with van der Waals surface area (Å²) >= 11 is 0. The van der Waals surface area contributed by atoms with Gasteiger partial charge in [-0.05, 0) is 19.3 Å². The second-order valence-corrected chi connectivity index (χ2v) is 2.25. The van der Waals surface area contributed by atoms with Gasteiger partial charge in [-0.2, -0.15) is 0 Å². The van der Waals surface area contributed by atoms with Crippen LogP contribution >= 0.6 is 12.4 Å². The molecular formula is C5H10ClNO2. The van der Waals surface area contributed by atoms with Crippen molar-refractivity contribution in [1.29, 1.82) is 0 Å². The number of nitrogens with two attached hydrogens (primary N) is 1. The standard InChI is InChI=1S/C5H9NO2.ClH/c6-4(7)5(8)2-1-3-5;/h8H,1-3H2,(H2,6,7);1H. The topological polar surface area (TPSA) is 63.3 Å². The highest BCUT2D eigenvalue weighted by molar-refractivity contribution is 5.85. The van der Waals surface area contributed by atoms with Crippen molar-refractivity contribution in [2.75, 3.05) is 0 Å². The van der Waals surface area contributed by atoms with E-state index in [0.29, 0.717) is 12.8 Å². The lowest BCUT2D eigenvalue weighted by Gasteiger charge is -2.32. The third-order valence-corrected chi connectivity index (χ3v) is 1.64. The summed E-state index contributed by atoms with van der Waals surface area (Å²) in [5.41, 5.74) is 3.70. The normalized spacial score (nSPS) is 21.4. The number of halogens is 1. The molecule has 1 fully saturated rings. The van der Waals surface area contributed by atoms with E-state index in [1.807, 2.05) is 0 Å². The Morgan fingerprint density at radius 1 is 1.56 bits per heavy atom. The van der Waals surface area contributed by atoms with Crippen LogP contribution in [-0.2, 0) is 4.79 Å². The van der Waals surface area contributed by atoms with Gasteiger partial charge >= 0.3 is 0 Å². The van der Waals surface area contributed by atoms with Gasteiger partial charge in [-0.1, -0.05) is 0 Å². The van der Waals surface area contributed by atoms with Crippen LogP contribution in [0.3, 0.4) is 0 Å². The van der Waals surface area contributed by atoms with E-state index in [9.17, 15) is 4.79 Å². The summed E-state index contributed by atoms with van der Waals surface area (Å²) in [7, 11) is 0. The Kier molecular flexibility index (Phi) is 2.46. The molecule has 1 aliphatic carbocycles. The zero-order valence-corrected chi connectivity index (χ0v) is 5.78. The maximum Gasteiger partial charge on any atom is 0.249 e. The van der Waals surface area contributed by atoms with E-state index in [-0.39, 0.29) is 12.4 Å². The molecule has 54 valence electrons. The molecule has 3 N–H and O–H groups in total. The molecule has 1 rings (SSSR count). The number of hydrogen-bond acceptors (Lipinski definition) is 2. The van der Waals surface area contributed by atoms with E-state index in [4.69, 9.17) is 10.8 Å². The minimum absolute atomic E-state index is 0. The van der Waals surface area contributed by atoms with Crippen LogP contribution in [0.25, 0.3) is 0 Å². The molecule has 0 spiro atoms. The lowest BCUT2D eigenvalue weighted by Crippen LogP contribution is -2.49. The summed E-state index contributed by atoms with van der Waals surface area (Å²) in [6.45, 7) is 0. The lowest BCUT2D eigenvalue weighted by atomic mass is 9.80. The maximum absolute atomic E-state index is 10.3. The molecule has 0 radical (unpaired) electrons. The average Bonchev–Trinajstić information content (AvgIpc) is 1.60. The van der Waals surface area contributed by atoms with Crippen LogP contribution in [0.5, 0.6) is 0 Å². The molecule has 1 saturated carbocycles. The van der Waals surface area contributed by atoms with E-state index in [2.05, 4.69) is 0 Å². The summed E-state index contributed by atoms with van der Waals surface area (Å²) in [6, 6.07) is 0. The van der Waals surface area contributed by atoms with Gasteiger partial charge in [0.2, 0.25) is 5.91 Å². The molecular weight excluding hydrogens is 142 g/mol. The van der Waals surface area contributed by atoms with Crippen molar-refractivity contribution in [3.05, 3.63) is 0 Å². The number of aliphatic hydroxyl groups is 1. The molecule has 0 aromatic heterocycles. The Hall–Kier alpha value is -0.280. The first-order chi connectivity index (χ1) is 3.65. The molecule has 0 atom stereocenters. The third-order valence-electron chi connectivity index (χ3n) is 1.64. The maximum atomic E-state index is 10.3. The van der Waals surface area contributed by atoms with Crippen molar-refractivity contribution < 1.29 is 9.90 Å². The minimum atomic E-state index is -1.14. The molecule has 0 aromatic rings. The lowest BCUT2D eigenvalue weighted by molar-refractivity contribution is -0.144. The molecule has 0 heterocycles. The second-order valence-electron chi connectivity index (χ2n) is 2.25. The number of amides is 1. The summed E-state index contributed by atoms with van der Waals surface area (Å²) in [5.74, 6) is -0.580. The van der Waals surface area contributed by atoms with Crippen LogP contribution in [0.1, 0.15) is 19.3 Å². The van der Waals surface area contributed by atoms with Crippen molar-refractivity contribution in [1.82, 2.24) is 0 Å². The molecule has 3 nitrogen and oxygen atoms in total. The highest BCUT2D eigenvalue weighted by Crippen LogP contribution is 2.30. The highest BCUT2D eigenvalue weighted by Gasteiger charge is 2.39. The van der Waals surface area contributed by atoms with E-state index in [1.165, 1.54) is 0 Å². The molecule has 0 aliphatic heterocycles. The van der Waals surface area contributed by atoms with Gasteiger partial charge in [-0.15, -0.1) is 12.4 Å². The van der Waals surface area contributed by atoms with E-state index < -0.39 is 11.5 Å². The molecule has 9 heavy (non-hydrogen) atoms. The Labute approximate surface area is 59.6 Å². The number of hydrogen-bond donors (Lipinski definition) is 2. The molecule has 1 amide bonds. The first-order valence-electron chi connectivity index (χ1n) is 2.67.